The van der Waals surface area contributed by atoms with E-state index in [0.29, 0.717) is 23.7 Å². The summed E-state index contributed by atoms with van der Waals surface area (Å²) in [7, 11) is 0. The van der Waals surface area contributed by atoms with Crippen LogP contribution in [-0.2, 0) is 4.74 Å². The van der Waals surface area contributed by atoms with E-state index in [1.807, 2.05) is 0 Å². The van der Waals surface area contributed by atoms with Gasteiger partial charge in [0.15, 0.2) is 0 Å². The van der Waals surface area contributed by atoms with Crippen LogP contribution in [0.15, 0.2) is 36.5 Å². The van der Waals surface area contributed by atoms with Crippen LogP contribution in [0.25, 0.3) is 0 Å². The number of carbonyl (C=O) groups excluding carboxylic acids is 1. The molecule has 4 nitrogen and oxygen atoms in total. The minimum Gasteiger partial charge on any atom is -0.462 e. The second kappa shape index (κ2) is 6.34. The van der Waals surface area contributed by atoms with Gasteiger partial charge in [0.2, 0.25) is 0 Å². The van der Waals surface area contributed by atoms with Gasteiger partial charge in [0.1, 0.15) is 11.6 Å². The summed E-state index contributed by atoms with van der Waals surface area (Å²) >= 11 is 5.90. The summed E-state index contributed by atoms with van der Waals surface area (Å²) < 4.78 is 17.8. The highest BCUT2D eigenvalue weighted by Gasteiger charge is 2.07. The van der Waals surface area contributed by atoms with Gasteiger partial charge in [0.05, 0.1) is 22.9 Å². The molecule has 0 radical (unpaired) electrons. The zero-order valence-electron chi connectivity index (χ0n) is 10.7. The molecular weight excluding hydrogens is 283 g/mol. The molecule has 1 aromatic carbocycles. The van der Waals surface area contributed by atoms with E-state index >= 15 is 0 Å². The van der Waals surface area contributed by atoms with E-state index in [0.717, 1.165) is 0 Å². The summed E-state index contributed by atoms with van der Waals surface area (Å²) in [4.78, 5) is 15.5. The molecule has 2 rings (SSSR count). The van der Waals surface area contributed by atoms with Gasteiger partial charge < -0.3 is 10.1 Å². The second-order valence-corrected chi connectivity index (χ2v) is 4.31. The zero-order valence-corrected chi connectivity index (χ0v) is 11.4. The Kier molecular flexibility index (Phi) is 4.53. The molecule has 0 saturated carbocycles. The molecule has 0 amide bonds. The van der Waals surface area contributed by atoms with Gasteiger partial charge in [0.25, 0.3) is 0 Å². The first kappa shape index (κ1) is 14.3. The van der Waals surface area contributed by atoms with Crippen LogP contribution in [0.2, 0.25) is 5.02 Å². The normalized spacial score (nSPS) is 10.2. The van der Waals surface area contributed by atoms with E-state index in [1.165, 1.54) is 24.4 Å². The van der Waals surface area contributed by atoms with E-state index in [2.05, 4.69) is 10.3 Å². The average molecular weight is 295 g/mol. The van der Waals surface area contributed by atoms with Crippen molar-refractivity contribution in [1.82, 2.24) is 4.98 Å². The second-order valence-electron chi connectivity index (χ2n) is 3.90. The van der Waals surface area contributed by atoms with Crippen LogP contribution < -0.4 is 5.32 Å². The van der Waals surface area contributed by atoms with Gasteiger partial charge in [-0.15, -0.1) is 0 Å². The number of pyridine rings is 1. The van der Waals surface area contributed by atoms with Gasteiger partial charge in [-0.3, -0.25) is 0 Å². The zero-order chi connectivity index (χ0) is 14.5. The first-order valence-electron chi connectivity index (χ1n) is 5.95. The standard InChI is InChI=1S/C14H12ClFN2O2/c1-2-20-14(19)9-3-6-13(17-8-9)18-12-5-4-10(16)7-11(12)15/h3-8H,2H2,1H3,(H,17,18). The van der Waals surface area contributed by atoms with Crippen molar-refractivity contribution in [2.24, 2.45) is 0 Å². The van der Waals surface area contributed by atoms with E-state index < -0.39 is 11.8 Å². The number of anilines is 2. The van der Waals surface area contributed by atoms with Gasteiger partial charge >= 0.3 is 5.97 Å². The van der Waals surface area contributed by atoms with Gasteiger partial charge in [-0.05, 0) is 37.3 Å². The minimum atomic E-state index is -0.425. The summed E-state index contributed by atoms with van der Waals surface area (Å²) in [6.45, 7) is 2.04. The number of carbonyl (C=O) groups is 1. The molecule has 0 aliphatic rings. The predicted molar refractivity (Wildman–Crippen MR) is 74.9 cm³/mol. The minimum absolute atomic E-state index is 0.251. The van der Waals surface area contributed by atoms with Crippen LogP contribution in [-0.4, -0.2) is 17.6 Å². The van der Waals surface area contributed by atoms with Gasteiger partial charge in [0, 0.05) is 6.20 Å². The van der Waals surface area contributed by atoms with Crippen LogP contribution in [0.5, 0.6) is 0 Å². The van der Waals surface area contributed by atoms with E-state index in [1.54, 1.807) is 19.1 Å². The molecule has 0 spiro atoms. The summed E-state index contributed by atoms with van der Waals surface area (Å²) in [5.41, 5.74) is 0.895. The Hall–Kier alpha value is -2.14. The number of nitrogens with zero attached hydrogens (tertiary/aromatic N) is 1. The molecule has 0 aliphatic carbocycles. The molecule has 0 unspecified atom stereocenters. The van der Waals surface area contributed by atoms with Crippen molar-refractivity contribution in [3.63, 3.8) is 0 Å². The van der Waals surface area contributed by atoms with Crippen LogP contribution in [0.3, 0.4) is 0 Å². The van der Waals surface area contributed by atoms with Crippen molar-refractivity contribution in [3.8, 4) is 0 Å². The molecular formula is C14H12ClFN2O2. The number of benzene rings is 1. The summed E-state index contributed by atoms with van der Waals surface area (Å²) in [5.74, 6) is -0.343. The maximum Gasteiger partial charge on any atom is 0.339 e. The first-order chi connectivity index (χ1) is 9.60. The Morgan fingerprint density at radius 1 is 1.40 bits per heavy atom. The lowest BCUT2D eigenvalue weighted by Crippen LogP contribution is -2.05. The van der Waals surface area contributed by atoms with Crippen LogP contribution >= 0.6 is 11.6 Å². The summed E-state index contributed by atoms with van der Waals surface area (Å²) in [6, 6.07) is 7.22. The number of hydrogen-bond acceptors (Lipinski definition) is 4. The monoisotopic (exact) mass is 294 g/mol. The lowest BCUT2D eigenvalue weighted by molar-refractivity contribution is 0.0526. The van der Waals surface area contributed by atoms with Gasteiger partial charge in [-0.1, -0.05) is 11.6 Å². The topological polar surface area (TPSA) is 51.2 Å². The fourth-order valence-electron chi connectivity index (χ4n) is 1.53. The lowest BCUT2D eigenvalue weighted by Gasteiger charge is -2.08. The van der Waals surface area contributed by atoms with E-state index in [9.17, 15) is 9.18 Å². The number of halogens is 2. The van der Waals surface area contributed by atoms with Gasteiger partial charge in [-0.25, -0.2) is 14.2 Å². The van der Waals surface area contributed by atoms with Crippen molar-refractivity contribution in [3.05, 3.63) is 52.9 Å². The number of aromatic nitrogens is 1. The maximum absolute atomic E-state index is 12.9. The molecule has 0 saturated heterocycles. The first-order valence-corrected chi connectivity index (χ1v) is 6.33. The Bertz CT molecular complexity index is 617. The highest BCUT2D eigenvalue weighted by atomic mass is 35.5. The molecule has 0 aliphatic heterocycles. The fraction of sp³-hybridized carbons (Fsp3) is 0.143. The maximum atomic E-state index is 12.9. The van der Waals surface area contributed by atoms with Crippen LogP contribution in [0.1, 0.15) is 17.3 Å². The number of hydrogen-bond donors (Lipinski definition) is 1. The molecule has 1 aromatic heterocycles. The lowest BCUT2D eigenvalue weighted by atomic mass is 10.2. The van der Waals surface area contributed by atoms with Crippen molar-refractivity contribution >= 4 is 29.1 Å². The quantitative estimate of drug-likeness (QED) is 0.872. The smallest absolute Gasteiger partial charge is 0.339 e. The van der Waals surface area contributed by atoms with Gasteiger partial charge in [-0.2, -0.15) is 0 Å². The Balaban J connectivity index is 2.12. The highest BCUT2D eigenvalue weighted by molar-refractivity contribution is 6.33. The van der Waals surface area contributed by atoms with Crippen molar-refractivity contribution in [2.45, 2.75) is 6.92 Å². The molecule has 6 heteroatoms. The van der Waals surface area contributed by atoms with Crippen molar-refractivity contribution in [2.75, 3.05) is 11.9 Å². The average Bonchev–Trinajstić information content (AvgIpc) is 2.43. The molecule has 1 heterocycles. The molecule has 2 aromatic rings. The molecule has 20 heavy (non-hydrogen) atoms. The third kappa shape index (κ3) is 3.45. The van der Waals surface area contributed by atoms with E-state index in [-0.39, 0.29) is 5.02 Å². The Labute approximate surface area is 120 Å². The number of esters is 1. The molecule has 104 valence electrons. The van der Waals surface area contributed by atoms with Crippen LogP contribution in [0, 0.1) is 5.82 Å². The largest absolute Gasteiger partial charge is 0.462 e. The SMILES string of the molecule is CCOC(=O)c1ccc(Nc2ccc(F)cc2Cl)nc1. The molecule has 0 atom stereocenters. The van der Waals surface area contributed by atoms with Crippen molar-refractivity contribution in [1.29, 1.82) is 0 Å². The van der Waals surface area contributed by atoms with E-state index in [4.69, 9.17) is 16.3 Å². The predicted octanol–water partition coefficient (Wildman–Crippen LogP) is 3.79. The summed E-state index contributed by atoms with van der Waals surface area (Å²) in [6.07, 6.45) is 1.40. The molecule has 1 N–H and O–H groups in total. The number of ether oxygens (including phenoxy) is 1. The summed E-state index contributed by atoms with van der Waals surface area (Å²) in [5, 5.41) is 3.19. The fourth-order valence-corrected chi connectivity index (χ4v) is 1.75. The molecule has 0 bridgehead atoms. The third-order valence-corrected chi connectivity index (χ3v) is 2.78. The Morgan fingerprint density at radius 2 is 2.20 bits per heavy atom. The third-order valence-electron chi connectivity index (χ3n) is 2.47. The highest BCUT2D eigenvalue weighted by Crippen LogP contribution is 2.25. The number of nitrogens with one attached hydrogen (secondary N) is 1. The van der Waals surface area contributed by atoms with Crippen LogP contribution in [0.4, 0.5) is 15.9 Å². The number of rotatable bonds is 4. The Morgan fingerprint density at radius 3 is 2.80 bits per heavy atom. The van der Waals surface area contributed by atoms with Crippen molar-refractivity contribution < 1.29 is 13.9 Å². The molecule has 0 fully saturated rings.